The summed E-state index contributed by atoms with van der Waals surface area (Å²) in [6.45, 7) is 0. The van der Waals surface area contributed by atoms with Crippen molar-refractivity contribution in [3.63, 3.8) is 0 Å². The van der Waals surface area contributed by atoms with E-state index >= 15 is 0 Å². The molecule has 0 atom stereocenters. The van der Waals surface area contributed by atoms with Gasteiger partial charge in [0.25, 0.3) is 0 Å². The highest BCUT2D eigenvalue weighted by atomic mass is 16.3. The molecule has 0 spiro atoms. The van der Waals surface area contributed by atoms with Gasteiger partial charge in [-0.3, -0.25) is 0 Å². The molecule has 1 aromatic heterocycles. The topological polar surface area (TPSA) is 16.4 Å². The van der Waals surface area contributed by atoms with Crippen molar-refractivity contribution in [3.05, 3.63) is 249 Å². The van der Waals surface area contributed by atoms with Crippen LogP contribution in [0.25, 0.3) is 99.1 Å². The average molecular weight is 816 g/mol. The summed E-state index contributed by atoms with van der Waals surface area (Å²) in [5, 5.41) is 6.95. The molecule has 2 nitrogen and oxygen atoms in total. The lowest BCUT2D eigenvalue weighted by Gasteiger charge is -2.26. The van der Waals surface area contributed by atoms with E-state index in [4.69, 9.17) is 4.42 Å². The predicted octanol–water partition coefficient (Wildman–Crippen LogP) is 17.7. The van der Waals surface area contributed by atoms with Crippen molar-refractivity contribution in [3.8, 4) is 55.6 Å². The van der Waals surface area contributed by atoms with Gasteiger partial charge >= 0.3 is 0 Å². The zero-order valence-electron chi connectivity index (χ0n) is 35.0. The third kappa shape index (κ3) is 6.52. The van der Waals surface area contributed by atoms with E-state index in [1.54, 1.807) is 0 Å². The largest absolute Gasteiger partial charge is 0.453 e. The average Bonchev–Trinajstić information content (AvgIpc) is 3.77. The van der Waals surface area contributed by atoms with Crippen LogP contribution in [-0.2, 0) is 0 Å². The van der Waals surface area contributed by atoms with E-state index in [-0.39, 0.29) is 0 Å². The predicted molar refractivity (Wildman–Crippen MR) is 271 cm³/mol. The molecule has 0 unspecified atom stereocenters. The first-order valence-electron chi connectivity index (χ1n) is 21.9. The van der Waals surface area contributed by atoms with Crippen LogP contribution in [0.15, 0.2) is 253 Å². The minimum Gasteiger partial charge on any atom is -0.453 e. The molecule has 0 aliphatic heterocycles. The molecule has 2 heteroatoms. The van der Waals surface area contributed by atoms with Gasteiger partial charge in [-0.05, 0) is 114 Å². The molecule has 0 radical (unpaired) electrons. The van der Waals surface area contributed by atoms with Gasteiger partial charge in [0.2, 0.25) is 0 Å². The van der Waals surface area contributed by atoms with Crippen LogP contribution in [0.2, 0.25) is 0 Å². The van der Waals surface area contributed by atoms with Crippen LogP contribution < -0.4 is 4.90 Å². The Labute approximate surface area is 372 Å². The summed E-state index contributed by atoms with van der Waals surface area (Å²) in [4.78, 5) is 2.34. The highest BCUT2D eigenvalue weighted by Gasteiger charge is 2.21. The van der Waals surface area contributed by atoms with E-state index in [2.05, 4.69) is 254 Å². The Morgan fingerprint density at radius 2 is 0.734 bits per heavy atom. The van der Waals surface area contributed by atoms with E-state index in [1.807, 2.05) is 0 Å². The third-order valence-electron chi connectivity index (χ3n) is 12.7. The van der Waals surface area contributed by atoms with Gasteiger partial charge in [-0.25, -0.2) is 0 Å². The van der Waals surface area contributed by atoms with Gasteiger partial charge < -0.3 is 9.32 Å². The zero-order chi connectivity index (χ0) is 42.4. The van der Waals surface area contributed by atoms with E-state index in [9.17, 15) is 0 Å². The monoisotopic (exact) mass is 815 g/mol. The number of hydrogen-bond acceptors (Lipinski definition) is 2. The van der Waals surface area contributed by atoms with E-state index < -0.39 is 0 Å². The van der Waals surface area contributed by atoms with E-state index in [0.717, 1.165) is 60.9 Å². The Balaban J connectivity index is 0.981. The minimum absolute atomic E-state index is 0.855. The molecule has 12 aromatic rings. The van der Waals surface area contributed by atoms with Gasteiger partial charge in [0, 0.05) is 27.5 Å². The molecule has 0 N–H and O–H groups in total. The van der Waals surface area contributed by atoms with Crippen LogP contribution in [0.4, 0.5) is 17.1 Å². The van der Waals surface area contributed by atoms with Crippen LogP contribution in [0.5, 0.6) is 0 Å². The van der Waals surface area contributed by atoms with Crippen molar-refractivity contribution in [2.45, 2.75) is 0 Å². The van der Waals surface area contributed by atoms with Crippen molar-refractivity contribution in [1.82, 2.24) is 0 Å². The van der Waals surface area contributed by atoms with Crippen LogP contribution in [-0.4, -0.2) is 0 Å². The SMILES string of the molecule is c1ccc(-c2ccccc2-c2cccc(-c3ccc(N(c4ccc(-c5cccc6cccc(-c7ccccc7)c56)cc4)c4cccc5c4oc4c6ccccc6ccc54)cc3)c2)cc1. The molecule has 0 bridgehead atoms. The van der Waals surface area contributed by atoms with Crippen molar-refractivity contribution in [1.29, 1.82) is 0 Å². The third-order valence-corrected chi connectivity index (χ3v) is 12.7. The van der Waals surface area contributed by atoms with Crippen molar-refractivity contribution in [2.24, 2.45) is 0 Å². The second-order valence-electron chi connectivity index (χ2n) is 16.4. The molecular formula is C62H41NO. The first-order valence-corrected chi connectivity index (χ1v) is 21.9. The highest BCUT2D eigenvalue weighted by molar-refractivity contribution is 6.17. The Morgan fingerprint density at radius 1 is 0.266 bits per heavy atom. The number of anilines is 3. The highest BCUT2D eigenvalue weighted by Crippen LogP contribution is 2.45. The van der Waals surface area contributed by atoms with Crippen LogP contribution in [0.3, 0.4) is 0 Å². The second-order valence-corrected chi connectivity index (χ2v) is 16.4. The molecule has 12 rings (SSSR count). The van der Waals surface area contributed by atoms with Crippen LogP contribution >= 0.6 is 0 Å². The molecule has 0 saturated carbocycles. The summed E-state index contributed by atoms with van der Waals surface area (Å²) < 4.78 is 6.97. The van der Waals surface area contributed by atoms with Gasteiger partial charge in [0.05, 0.1) is 5.69 Å². The first kappa shape index (κ1) is 37.3. The molecule has 1 heterocycles. The molecule has 11 aromatic carbocycles. The van der Waals surface area contributed by atoms with Crippen molar-refractivity contribution in [2.75, 3.05) is 4.90 Å². The number of rotatable bonds is 8. The molecular weight excluding hydrogens is 775 g/mol. The number of fused-ring (bicyclic) bond motifs is 6. The lowest BCUT2D eigenvalue weighted by Crippen LogP contribution is -2.10. The van der Waals surface area contributed by atoms with Gasteiger partial charge in [0.1, 0.15) is 5.58 Å². The number of benzene rings is 11. The summed E-state index contributed by atoms with van der Waals surface area (Å²) >= 11 is 0. The Kier molecular flexibility index (Phi) is 9.20. The summed E-state index contributed by atoms with van der Waals surface area (Å²) in [6, 6.07) is 89.5. The fourth-order valence-electron chi connectivity index (χ4n) is 9.62. The van der Waals surface area contributed by atoms with Crippen LogP contribution in [0.1, 0.15) is 0 Å². The van der Waals surface area contributed by atoms with Crippen LogP contribution in [0, 0.1) is 0 Å². The molecule has 64 heavy (non-hydrogen) atoms. The fourth-order valence-corrected chi connectivity index (χ4v) is 9.62. The lowest BCUT2D eigenvalue weighted by atomic mass is 9.91. The number of nitrogens with zero attached hydrogens (tertiary/aromatic N) is 1. The van der Waals surface area contributed by atoms with E-state index in [1.165, 1.54) is 55.3 Å². The Hall–Kier alpha value is -8.46. The van der Waals surface area contributed by atoms with Gasteiger partial charge in [-0.15, -0.1) is 0 Å². The standard InChI is InChI=1S/C62H41NO/c1-3-15-43(16-4-1)52-24-9-10-25-53(52)49-23-11-22-48(41-49)42-31-36-50(37-32-42)63(59-30-14-29-57-58-40-35-45-19-7-8-26-56(45)61(58)64-62(57)59)51-38-33-46(34-39-51)55-28-13-21-47-20-12-27-54(60(47)55)44-17-5-2-6-18-44/h1-41H. The Bertz CT molecular complexity index is 3640. The van der Waals surface area contributed by atoms with Gasteiger partial charge in [0.15, 0.2) is 5.58 Å². The first-order chi connectivity index (χ1) is 31.7. The fraction of sp³-hybridized carbons (Fsp3) is 0. The minimum atomic E-state index is 0.855. The summed E-state index contributed by atoms with van der Waals surface area (Å²) in [5.41, 5.74) is 16.8. The maximum absolute atomic E-state index is 6.97. The molecule has 0 fully saturated rings. The molecule has 0 saturated heterocycles. The van der Waals surface area contributed by atoms with E-state index in [0.29, 0.717) is 0 Å². The molecule has 300 valence electrons. The zero-order valence-corrected chi connectivity index (χ0v) is 35.0. The van der Waals surface area contributed by atoms with Crippen molar-refractivity contribution >= 4 is 60.5 Å². The maximum atomic E-state index is 6.97. The number of para-hydroxylation sites is 1. The Morgan fingerprint density at radius 3 is 1.44 bits per heavy atom. The molecule has 0 aliphatic carbocycles. The lowest BCUT2D eigenvalue weighted by molar-refractivity contribution is 0.673. The molecule has 0 aliphatic rings. The van der Waals surface area contributed by atoms with Crippen molar-refractivity contribution < 1.29 is 4.42 Å². The normalized spacial score (nSPS) is 11.4. The summed E-state index contributed by atoms with van der Waals surface area (Å²) in [5.74, 6) is 0. The molecule has 0 amide bonds. The quantitative estimate of drug-likeness (QED) is 0.152. The maximum Gasteiger partial charge on any atom is 0.159 e. The smallest absolute Gasteiger partial charge is 0.159 e. The van der Waals surface area contributed by atoms with Gasteiger partial charge in [-0.1, -0.05) is 206 Å². The number of furan rings is 1. The summed E-state index contributed by atoms with van der Waals surface area (Å²) in [7, 11) is 0. The second kappa shape index (κ2) is 15.8. The van der Waals surface area contributed by atoms with Gasteiger partial charge in [-0.2, -0.15) is 0 Å². The summed E-state index contributed by atoms with van der Waals surface area (Å²) in [6.07, 6.45) is 0. The number of hydrogen-bond donors (Lipinski definition) is 0.